The van der Waals surface area contributed by atoms with E-state index in [4.69, 9.17) is 4.74 Å². The zero-order valence-corrected chi connectivity index (χ0v) is 22.1. The van der Waals surface area contributed by atoms with Crippen LogP contribution < -0.4 is 5.56 Å². The van der Waals surface area contributed by atoms with E-state index in [0.29, 0.717) is 22.8 Å². The largest absolute Gasteiger partial charge is 0.448 e. The minimum atomic E-state index is -0.996. The minimum Gasteiger partial charge on any atom is -0.448 e. The summed E-state index contributed by atoms with van der Waals surface area (Å²) in [5, 5.41) is 2.28. The Hall–Kier alpha value is -4.45. The van der Waals surface area contributed by atoms with E-state index in [1.165, 1.54) is 10.1 Å². The first-order valence-corrected chi connectivity index (χ1v) is 13.5. The molecule has 0 saturated heterocycles. The molecular formula is C33H30N2O4. The quantitative estimate of drug-likeness (QED) is 0.256. The molecule has 1 aliphatic rings. The Morgan fingerprint density at radius 2 is 1.49 bits per heavy atom. The standard InChI is InChI=1S/C33H30N2O4/c1-3-28(32(37)35-26-19-11-9-15-22(26)23-16-10-12-20-27(23)35)39-33(38)30-29(21-13-5-4-6-14-21)24-17-7-8-18-25(24)31(36)34(30)2/h4-9,11,13-15,17-19,28H,3,10,12,16,20H2,1-2H3. The molecule has 196 valence electrons. The highest BCUT2D eigenvalue weighted by molar-refractivity contribution is 6.07. The fraction of sp³-hybridized carbons (Fsp3) is 0.242. The molecule has 0 saturated carbocycles. The third-order valence-electron chi connectivity index (χ3n) is 7.85. The van der Waals surface area contributed by atoms with Crippen molar-refractivity contribution in [3.05, 3.63) is 106 Å². The number of fused-ring (bicyclic) bond motifs is 4. The van der Waals surface area contributed by atoms with Crippen molar-refractivity contribution < 1.29 is 14.3 Å². The summed E-state index contributed by atoms with van der Waals surface area (Å²) in [4.78, 5) is 41.2. The van der Waals surface area contributed by atoms with Gasteiger partial charge in [-0.25, -0.2) is 4.79 Å². The van der Waals surface area contributed by atoms with E-state index < -0.39 is 12.1 Å². The number of pyridine rings is 1. The number of esters is 1. The lowest BCUT2D eigenvalue weighted by Crippen LogP contribution is -2.34. The molecule has 1 unspecified atom stereocenters. The van der Waals surface area contributed by atoms with Gasteiger partial charge in [0.2, 0.25) is 0 Å². The smallest absolute Gasteiger partial charge is 0.356 e. The Morgan fingerprint density at radius 3 is 2.23 bits per heavy atom. The van der Waals surface area contributed by atoms with Gasteiger partial charge >= 0.3 is 5.97 Å². The number of hydrogen-bond acceptors (Lipinski definition) is 4. The first-order valence-electron chi connectivity index (χ1n) is 13.5. The molecule has 1 atom stereocenters. The molecule has 0 aliphatic heterocycles. The van der Waals surface area contributed by atoms with Gasteiger partial charge in [-0.3, -0.25) is 14.2 Å². The van der Waals surface area contributed by atoms with Crippen LogP contribution >= 0.6 is 0 Å². The van der Waals surface area contributed by atoms with Gasteiger partial charge in [0.25, 0.3) is 11.5 Å². The summed E-state index contributed by atoms with van der Waals surface area (Å²) in [6, 6.07) is 24.7. The monoisotopic (exact) mass is 518 g/mol. The molecule has 0 fully saturated rings. The van der Waals surface area contributed by atoms with Crippen molar-refractivity contribution in [2.24, 2.45) is 7.05 Å². The number of aryl methyl sites for hydroxylation is 1. The molecule has 0 spiro atoms. The average Bonchev–Trinajstić information content (AvgIpc) is 3.32. The van der Waals surface area contributed by atoms with Crippen molar-refractivity contribution in [3.8, 4) is 11.1 Å². The van der Waals surface area contributed by atoms with Crippen LogP contribution in [0.2, 0.25) is 0 Å². The van der Waals surface area contributed by atoms with Gasteiger partial charge in [0.1, 0.15) is 5.69 Å². The predicted molar refractivity (Wildman–Crippen MR) is 153 cm³/mol. The van der Waals surface area contributed by atoms with Crippen LogP contribution in [0.25, 0.3) is 32.8 Å². The SMILES string of the molecule is CCC(OC(=O)c1c(-c2ccccc2)c2ccccc2c(=O)n1C)C(=O)n1c2c(c3ccccc31)CCCC2. The summed E-state index contributed by atoms with van der Waals surface area (Å²) in [7, 11) is 1.58. The fourth-order valence-corrected chi connectivity index (χ4v) is 5.99. The summed E-state index contributed by atoms with van der Waals surface area (Å²) in [5.74, 6) is -0.943. The number of hydrogen-bond donors (Lipinski definition) is 0. The third-order valence-corrected chi connectivity index (χ3v) is 7.85. The molecule has 0 N–H and O–H groups in total. The number of rotatable bonds is 5. The lowest BCUT2D eigenvalue weighted by atomic mass is 9.95. The van der Waals surface area contributed by atoms with Crippen molar-refractivity contribution >= 4 is 33.6 Å². The summed E-state index contributed by atoms with van der Waals surface area (Å²) in [6.07, 6.45) is 3.19. The number of benzene rings is 3. The molecule has 39 heavy (non-hydrogen) atoms. The number of aromatic nitrogens is 2. The molecule has 3 aromatic carbocycles. The molecule has 6 rings (SSSR count). The number of carbonyl (C=O) groups excluding carboxylic acids is 2. The first kappa shape index (κ1) is 24.9. The average molecular weight is 519 g/mol. The maximum absolute atomic E-state index is 14.0. The third kappa shape index (κ3) is 4.07. The van der Waals surface area contributed by atoms with Gasteiger partial charge in [0.15, 0.2) is 6.10 Å². The maximum Gasteiger partial charge on any atom is 0.356 e. The van der Waals surface area contributed by atoms with Crippen LogP contribution in [0.4, 0.5) is 0 Å². The van der Waals surface area contributed by atoms with Crippen molar-refractivity contribution in [1.82, 2.24) is 9.13 Å². The number of carbonyl (C=O) groups is 2. The second-order valence-electron chi connectivity index (χ2n) is 10.1. The number of ether oxygens (including phenoxy) is 1. The van der Waals surface area contributed by atoms with Gasteiger partial charge in [-0.05, 0) is 60.7 Å². The van der Waals surface area contributed by atoms with Crippen LogP contribution in [0, 0.1) is 0 Å². The van der Waals surface area contributed by atoms with E-state index in [9.17, 15) is 14.4 Å². The molecule has 0 amide bonds. The van der Waals surface area contributed by atoms with Gasteiger partial charge < -0.3 is 9.30 Å². The predicted octanol–water partition coefficient (Wildman–Crippen LogP) is 6.31. The molecule has 1 aliphatic carbocycles. The Kier molecular flexibility index (Phi) is 6.39. The summed E-state index contributed by atoms with van der Waals surface area (Å²) in [5.41, 5.74) is 4.34. The molecule has 2 aromatic heterocycles. The highest BCUT2D eigenvalue weighted by Crippen LogP contribution is 2.34. The van der Waals surface area contributed by atoms with E-state index in [1.54, 1.807) is 17.7 Å². The summed E-state index contributed by atoms with van der Waals surface area (Å²) in [6.45, 7) is 1.84. The van der Waals surface area contributed by atoms with E-state index in [2.05, 4.69) is 6.07 Å². The molecule has 5 aromatic rings. The van der Waals surface area contributed by atoms with Crippen LogP contribution in [0.3, 0.4) is 0 Å². The molecular weight excluding hydrogens is 488 g/mol. The van der Waals surface area contributed by atoms with Gasteiger partial charge in [-0.15, -0.1) is 0 Å². The van der Waals surface area contributed by atoms with E-state index in [-0.39, 0.29) is 17.2 Å². The van der Waals surface area contributed by atoms with Crippen LogP contribution in [0.5, 0.6) is 0 Å². The Morgan fingerprint density at radius 1 is 0.846 bits per heavy atom. The zero-order chi connectivity index (χ0) is 27.1. The van der Waals surface area contributed by atoms with Crippen LogP contribution in [0.1, 0.15) is 52.7 Å². The summed E-state index contributed by atoms with van der Waals surface area (Å²) < 4.78 is 9.10. The van der Waals surface area contributed by atoms with Gasteiger partial charge in [-0.1, -0.05) is 73.7 Å². The molecule has 0 radical (unpaired) electrons. The lowest BCUT2D eigenvalue weighted by molar-refractivity contribution is 0.0232. The molecule has 6 nitrogen and oxygen atoms in total. The van der Waals surface area contributed by atoms with E-state index in [1.807, 2.05) is 73.7 Å². The van der Waals surface area contributed by atoms with Gasteiger partial charge in [0.05, 0.1) is 5.52 Å². The van der Waals surface area contributed by atoms with E-state index in [0.717, 1.165) is 47.8 Å². The number of nitrogens with zero attached hydrogens (tertiary/aromatic N) is 2. The lowest BCUT2D eigenvalue weighted by Gasteiger charge is -2.22. The van der Waals surface area contributed by atoms with Crippen molar-refractivity contribution in [2.45, 2.75) is 45.1 Å². The van der Waals surface area contributed by atoms with Crippen LogP contribution in [0.15, 0.2) is 83.7 Å². The maximum atomic E-state index is 14.0. The molecule has 2 heterocycles. The highest BCUT2D eigenvalue weighted by Gasteiger charge is 2.31. The van der Waals surface area contributed by atoms with Gasteiger partial charge in [-0.2, -0.15) is 0 Å². The van der Waals surface area contributed by atoms with Crippen molar-refractivity contribution in [3.63, 3.8) is 0 Å². The molecule has 0 bridgehead atoms. The number of para-hydroxylation sites is 1. The second-order valence-corrected chi connectivity index (χ2v) is 10.1. The minimum absolute atomic E-state index is 0.135. The Balaban J connectivity index is 1.46. The van der Waals surface area contributed by atoms with Crippen LogP contribution in [-0.2, 0) is 24.6 Å². The fourth-order valence-electron chi connectivity index (χ4n) is 5.99. The first-order chi connectivity index (χ1) is 19.0. The zero-order valence-electron chi connectivity index (χ0n) is 22.1. The Labute approximate surface area is 226 Å². The van der Waals surface area contributed by atoms with E-state index >= 15 is 0 Å². The second kappa shape index (κ2) is 10.0. The Bertz CT molecular complexity index is 1800. The highest BCUT2D eigenvalue weighted by atomic mass is 16.5. The van der Waals surface area contributed by atoms with Crippen LogP contribution in [-0.4, -0.2) is 27.1 Å². The molecule has 6 heteroatoms. The van der Waals surface area contributed by atoms with Crippen molar-refractivity contribution in [2.75, 3.05) is 0 Å². The normalized spacial score (nSPS) is 13.8. The van der Waals surface area contributed by atoms with Gasteiger partial charge in [0, 0.05) is 29.1 Å². The summed E-state index contributed by atoms with van der Waals surface area (Å²) >= 11 is 0. The topological polar surface area (TPSA) is 70.3 Å². The van der Waals surface area contributed by atoms with Crippen molar-refractivity contribution in [1.29, 1.82) is 0 Å².